The highest BCUT2D eigenvalue weighted by Crippen LogP contribution is 2.30. The standard InChI is InChI=1S/C16H18O3/c1-3-18-10-11-19-16-14(12(2)17)9-8-13-6-4-5-7-15(13)16/h4-9H,3,10-11H2,1-2H3. The Morgan fingerprint density at radius 1 is 1.11 bits per heavy atom. The molecule has 100 valence electrons. The summed E-state index contributed by atoms with van der Waals surface area (Å²) in [5.41, 5.74) is 0.621. The molecule has 0 unspecified atom stereocenters. The zero-order valence-corrected chi connectivity index (χ0v) is 11.3. The number of ketones is 1. The Balaban J connectivity index is 2.35. The van der Waals surface area contributed by atoms with Gasteiger partial charge in [0.2, 0.25) is 0 Å². The summed E-state index contributed by atoms with van der Waals surface area (Å²) in [4.78, 5) is 11.7. The lowest BCUT2D eigenvalue weighted by Crippen LogP contribution is -2.09. The topological polar surface area (TPSA) is 35.5 Å². The van der Waals surface area contributed by atoms with Gasteiger partial charge in [0, 0.05) is 12.0 Å². The van der Waals surface area contributed by atoms with E-state index in [0.717, 1.165) is 10.8 Å². The van der Waals surface area contributed by atoms with Crippen molar-refractivity contribution in [3.63, 3.8) is 0 Å². The Bertz CT molecular complexity index is 575. The maximum atomic E-state index is 11.7. The molecule has 0 saturated carbocycles. The van der Waals surface area contributed by atoms with Crippen LogP contribution in [-0.2, 0) is 4.74 Å². The minimum atomic E-state index is 0.0113. The number of Topliss-reactive ketones (excluding diaryl/α,β-unsaturated/α-hetero) is 1. The smallest absolute Gasteiger partial charge is 0.163 e. The van der Waals surface area contributed by atoms with E-state index < -0.39 is 0 Å². The first-order valence-electron chi connectivity index (χ1n) is 6.47. The van der Waals surface area contributed by atoms with E-state index in [9.17, 15) is 4.79 Å². The maximum absolute atomic E-state index is 11.7. The quantitative estimate of drug-likeness (QED) is 0.588. The minimum Gasteiger partial charge on any atom is -0.490 e. The van der Waals surface area contributed by atoms with Crippen LogP contribution < -0.4 is 4.74 Å². The van der Waals surface area contributed by atoms with E-state index >= 15 is 0 Å². The number of ether oxygens (including phenoxy) is 2. The third-order valence-electron chi connectivity index (χ3n) is 2.94. The molecule has 0 spiro atoms. The molecule has 0 aliphatic heterocycles. The van der Waals surface area contributed by atoms with Gasteiger partial charge in [0.05, 0.1) is 12.2 Å². The van der Waals surface area contributed by atoms with Gasteiger partial charge in [0.15, 0.2) is 5.78 Å². The normalized spacial score (nSPS) is 10.6. The first kappa shape index (κ1) is 13.6. The van der Waals surface area contributed by atoms with Crippen LogP contribution in [0.25, 0.3) is 10.8 Å². The van der Waals surface area contributed by atoms with E-state index in [2.05, 4.69) is 0 Å². The largest absolute Gasteiger partial charge is 0.490 e. The summed E-state index contributed by atoms with van der Waals surface area (Å²) in [5.74, 6) is 0.669. The molecule has 0 aromatic heterocycles. The third-order valence-corrected chi connectivity index (χ3v) is 2.94. The maximum Gasteiger partial charge on any atom is 0.163 e. The Morgan fingerprint density at radius 2 is 1.89 bits per heavy atom. The average Bonchev–Trinajstić information content (AvgIpc) is 2.43. The lowest BCUT2D eigenvalue weighted by molar-refractivity contribution is 0.0992. The molecule has 2 rings (SSSR count). The molecule has 3 nitrogen and oxygen atoms in total. The van der Waals surface area contributed by atoms with Crippen molar-refractivity contribution in [3.8, 4) is 5.75 Å². The Labute approximate surface area is 113 Å². The third kappa shape index (κ3) is 3.12. The first-order valence-corrected chi connectivity index (χ1v) is 6.47. The van der Waals surface area contributed by atoms with Crippen LogP contribution in [0.1, 0.15) is 24.2 Å². The van der Waals surface area contributed by atoms with E-state index in [4.69, 9.17) is 9.47 Å². The highest BCUT2D eigenvalue weighted by Gasteiger charge is 2.12. The number of carbonyl (C=O) groups is 1. The van der Waals surface area contributed by atoms with Crippen molar-refractivity contribution in [2.75, 3.05) is 19.8 Å². The fraction of sp³-hybridized carbons (Fsp3) is 0.312. The van der Waals surface area contributed by atoms with Crippen molar-refractivity contribution in [2.45, 2.75) is 13.8 Å². The molecule has 0 atom stereocenters. The van der Waals surface area contributed by atoms with Crippen LogP contribution in [0.5, 0.6) is 5.75 Å². The first-order chi connectivity index (χ1) is 9.24. The predicted octanol–water partition coefficient (Wildman–Crippen LogP) is 3.46. The predicted molar refractivity (Wildman–Crippen MR) is 75.9 cm³/mol. The minimum absolute atomic E-state index is 0.0113. The van der Waals surface area contributed by atoms with Gasteiger partial charge in [0.1, 0.15) is 12.4 Å². The molecule has 0 aliphatic rings. The molecule has 19 heavy (non-hydrogen) atoms. The van der Waals surface area contributed by atoms with Gasteiger partial charge < -0.3 is 9.47 Å². The van der Waals surface area contributed by atoms with Crippen LogP contribution in [0.3, 0.4) is 0 Å². The van der Waals surface area contributed by atoms with E-state index in [1.807, 2.05) is 43.3 Å². The molecular weight excluding hydrogens is 240 g/mol. The molecule has 0 heterocycles. The van der Waals surface area contributed by atoms with Gasteiger partial charge in [-0.2, -0.15) is 0 Å². The highest BCUT2D eigenvalue weighted by molar-refractivity contribution is 6.03. The van der Waals surface area contributed by atoms with Gasteiger partial charge in [-0.05, 0) is 25.3 Å². The van der Waals surface area contributed by atoms with Crippen LogP contribution in [0.15, 0.2) is 36.4 Å². The molecular formula is C16H18O3. The molecule has 3 heteroatoms. The zero-order chi connectivity index (χ0) is 13.7. The van der Waals surface area contributed by atoms with Crippen molar-refractivity contribution < 1.29 is 14.3 Å². The molecule has 0 bridgehead atoms. The second-order valence-electron chi connectivity index (χ2n) is 4.26. The second-order valence-corrected chi connectivity index (χ2v) is 4.26. The van der Waals surface area contributed by atoms with Gasteiger partial charge in [-0.25, -0.2) is 0 Å². The average molecular weight is 258 g/mol. The molecule has 0 fully saturated rings. The summed E-state index contributed by atoms with van der Waals surface area (Å²) in [5, 5.41) is 2.03. The summed E-state index contributed by atoms with van der Waals surface area (Å²) in [7, 11) is 0. The molecule has 2 aromatic rings. The molecule has 0 aliphatic carbocycles. The van der Waals surface area contributed by atoms with E-state index in [1.54, 1.807) is 6.92 Å². The number of hydrogen-bond donors (Lipinski definition) is 0. The second kappa shape index (κ2) is 6.34. The lowest BCUT2D eigenvalue weighted by atomic mass is 10.0. The van der Waals surface area contributed by atoms with Crippen molar-refractivity contribution in [3.05, 3.63) is 42.0 Å². The van der Waals surface area contributed by atoms with Crippen LogP contribution in [0, 0.1) is 0 Å². The SMILES string of the molecule is CCOCCOc1c(C(C)=O)ccc2ccccc12. The summed E-state index contributed by atoms with van der Waals surface area (Å²) in [6.45, 7) is 5.13. The number of rotatable bonds is 6. The lowest BCUT2D eigenvalue weighted by Gasteiger charge is -2.13. The summed E-state index contributed by atoms with van der Waals surface area (Å²) in [6.07, 6.45) is 0. The highest BCUT2D eigenvalue weighted by atomic mass is 16.5. The van der Waals surface area contributed by atoms with Crippen molar-refractivity contribution in [1.82, 2.24) is 0 Å². The fourth-order valence-electron chi connectivity index (χ4n) is 2.02. The summed E-state index contributed by atoms with van der Waals surface area (Å²) >= 11 is 0. The van der Waals surface area contributed by atoms with Gasteiger partial charge in [-0.3, -0.25) is 4.79 Å². The Hall–Kier alpha value is -1.87. The number of benzene rings is 2. The molecule has 0 saturated heterocycles. The molecule has 0 N–H and O–H groups in total. The van der Waals surface area contributed by atoms with E-state index in [0.29, 0.717) is 31.1 Å². The molecule has 2 aromatic carbocycles. The summed E-state index contributed by atoms with van der Waals surface area (Å²) in [6, 6.07) is 11.7. The fourth-order valence-corrected chi connectivity index (χ4v) is 2.02. The van der Waals surface area contributed by atoms with Crippen molar-refractivity contribution in [2.24, 2.45) is 0 Å². The van der Waals surface area contributed by atoms with Gasteiger partial charge in [-0.1, -0.05) is 30.3 Å². The van der Waals surface area contributed by atoms with Gasteiger partial charge >= 0.3 is 0 Å². The van der Waals surface area contributed by atoms with Gasteiger partial charge in [-0.15, -0.1) is 0 Å². The van der Waals surface area contributed by atoms with Crippen LogP contribution >= 0.6 is 0 Å². The van der Waals surface area contributed by atoms with Crippen molar-refractivity contribution >= 4 is 16.6 Å². The van der Waals surface area contributed by atoms with Crippen molar-refractivity contribution in [1.29, 1.82) is 0 Å². The summed E-state index contributed by atoms with van der Waals surface area (Å²) < 4.78 is 11.0. The zero-order valence-electron chi connectivity index (χ0n) is 11.3. The molecule has 0 amide bonds. The number of carbonyl (C=O) groups excluding carboxylic acids is 1. The van der Waals surface area contributed by atoms with Crippen LogP contribution in [-0.4, -0.2) is 25.6 Å². The Morgan fingerprint density at radius 3 is 2.63 bits per heavy atom. The van der Waals surface area contributed by atoms with Crippen LogP contribution in [0.4, 0.5) is 0 Å². The molecule has 0 radical (unpaired) electrons. The van der Waals surface area contributed by atoms with E-state index in [1.165, 1.54) is 0 Å². The van der Waals surface area contributed by atoms with E-state index in [-0.39, 0.29) is 5.78 Å². The van der Waals surface area contributed by atoms with Crippen LogP contribution in [0.2, 0.25) is 0 Å². The number of fused-ring (bicyclic) bond motifs is 1. The van der Waals surface area contributed by atoms with Gasteiger partial charge in [0.25, 0.3) is 0 Å². The Kier molecular flexibility index (Phi) is 4.53. The monoisotopic (exact) mass is 258 g/mol. The number of hydrogen-bond acceptors (Lipinski definition) is 3.